The van der Waals surface area contributed by atoms with Crippen LogP contribution in [0.2, 0.25) is 0 Å². The number of anilines is 1. The molecule has 0 spiro atoms. The molecule has 1 aliphatic heterocycles. The summed E-state index contributed by atoms with van der Waals surface area (Å²) in [4.78, 5) is 28.4. The van der Waals surface area contributed by atoms with E-state index >= 15 is 0 Å². The summed E-state index contributed by atoms with van der Waals surface area (Å²) in [5, 5.41) is 4.08. The predicted octanol–water partition coefficient (Wildman–Crippen LogP) is 0.787. The molecule has 3 rings (SSSR count). The van der Waals surface area contributed by atoms with Crippen LogP contribution in [0.1, 0.15) is 18.5 Å². The van der Waals surface area contributed by atoms with Crippen LogP contribution in [0.3, 0.4) is 0 Å². The van der Waals surface area contributed by atoms with E-state index in [0.29, 0.717) is 31.1 Å². The topological polar surface area (TPSA) is 93.7 Å². The molecular formula is C18H23N5O3. The summed E-state index contributed by atoms with van der Waals surface area (Å²) in [6, 6.07) is 6.86. The predicted molar refractivity (Wildman–Crippen MR) is 96.8 cm³/mol. The molecule has 2 aromatic rings. The molecule has 2 amide bonds. The van der Waals surface area contributed by atoms with Crippen molar-refractivity contribution in [3.05, 3.63) is 42.2 Å². The van der Waals surface area contributed by atoms with Crippen molar-refractivity contribution >= 4 is 17.5 Å². The van der Waals surface area contributed by atoms with Crippen LogP contribution in [-0.4, -0.2) is 53.2 Å². The monoisotopic (exact) mass is 357 g/mol. The molecule has 26 heavy (non-hydrogen) atoms. The zero-order valence-electron chi connectivity index (χ0n) is 15.0. The number of carbonyl (C=O) groups excluding carboxylic acids is 2. The minimum Gasteiger partial charge on any atom is -0.490 e. The van der Waals surface area contributed by atoms with Crippen LogP contribution in [0.4, 0.5) is 5.69 Å². The van der Waals surface area contributed by atoms with Crippen LogP contribution in [0.5, 0.6) is 5.75 Å². The van der Waals surface area contributed by atoms with E-state index < -0.39 is 6.04 Å². The molecule has 1 atom stereocenters. The first-order chi connectivity index (χ1) is 12.5. The SMILES string of the molecule is CC(C(=O)N(C)CC(=O)N1CCOc2ccc(CN)cc21)n1cccn1. The standard InChI is InChI=1S/C18H23N5O3/c1-13(23-7-3-6-20-23)18(25)21(2)12-17(24)22-8-9-26-16-5-4-14(11-19)10-15(16)22/h3-7,10,13H,8-9,11-12,19H2,1-2H3. The lowest BCUT2D eigenvalue weighted by molar-refractivity contribution is -0.136. The van der Waals surface area contributed by atoms with Crippen molar-refractivity contribution in [2.45, 2.75) is 19.5 Å². The van der Waals surface area contributed by atoms with Gasteiger partial charge < -0.3 is 20.3 Å². The van der Waals surface area contributed by atoms with Gasteiger partial charge in [-0.1, -0.05) is 6.07 Å². The third-order valence-electron chi connectivity index (χ3n) is 4.45. The van der Waals surface area contributed by atoms with Crippen LogP contribution >= 0.6 is 0 Å². The Kier molecular flexibility index (Phi) is 5.22. The highest BCUT2D eigenvalue weighted by Gasteiger charge is 2.27. The smallest absolute Gasteiger partial charge is 0.247 e. The lowest BCUT2D eigenvalue weighted by atomic mass is 10.1. The summed E-state index contributed by atoms with van der Waals surface area (Å²) in [5.41, 5.74) is 7.32. The number of benzene rings is 1. The number of fused-ring (bicyclic) bond motifs is 1. The summed E-state index contributed by atoms with van der Waals surface area (Å²) in [6.07, 6.45) is 3.35. The van der Waals surface area contributed by atoms with Crippen LogP contribution < -0.4 is 15.4 Å². The van der Waals surface area contributed by atoms with Gasteiger partial charge in [0.2, 0.25) is 11.8 Å². The first-order valence-corrected chi connectivity index (χ1v) is 8.51. The largest absolute Gasteiger partial charge is 0.490 e. The first-order valence-electron chi connectivity index (χ1n) is 8.51. The fourth-order valence-electron chi connectivity index (χ4n) is 2.96. The first kappa shape index (κ1) is 17.9. The second kappa shape index (κ2) is 7.57. The Morgan fingerprint density at radius 1 is 1.42 bits per heavy atom. The Morgan fingerprint density at radius 2 is 2.23 bits per heavy atom. The van der Waals surface area contributed by atoms with Crippen molar-refractivity contribution in [1.82, 2.24) is 14.7 Å². The zero-order chi connectivity index (χ0) is 18.7. The quantitative estimate of drug-likeness (QED) is 0.854. The van der Waals surface area contributed by atoms with Gasteiger partial charge in [0.25, 0.3) is 0 Å². The average molecular weight is 357 g/mol. The molecule has 0 bridgehead atoms. The third-order valence-corrected chi connectivity index (χ3v) is 4.45. The van der Waals surface area contributed by atoms with Crippen LogP contribution in [0, 0.1) is 0 Å². The maximum atomic E-state index is 12.8. The van der Waals surface area contributed by atoms with E-state index in [0.717, 1.165) is 5.56 Å². The summed E-state index contributed by atoms with van der Waals surface area (Å²) in [7, 11) is 1.62. The Labute approximate surface area is 152 Å². The number of ether oxygens (including phenoxy) is 1. The molecule has 1 aliphatic rings. The highest BCUT2D eigenvalue weighted by atomic mass is 16.5. The van der Waals surface area contributed by atoms with Crippen LogP contribution in [0.25, 0.3) is 0 Å². The second-order valence-corrected chi connectivity index (χ2v) is 6.26. The van der Waals surface area contributed by atoms with Gasteiger partial charge in [-0.15, -0.1) is 0 Å². The maximum Gasteiger partial charge on any atom is 0.247 e. The highest BCUT2D eigenvalue weighted by Crippen LogP contribution is 2.32. The summed E-state index contributed by atoms with van der Waals surface area (Å²) in [6.45, 7) is 2.98. The summed E-state index contributed by atoms with van der Waals surface area (Å²) < 4.78 is 7.19. The van der Waals surface area contributed by atoms with Crippen molar-refractivity contribution in [2.75, 3.05) is 31.6 Å². The van der Waals surface area contributed by atoms with Crippen molar-refractivity contribution < 1.29 is 14.3 Å². The molecule has 138 valence electrons. The van der Waals surface area contributed by atoms with Crippen molar-refractivity contribution in [3.8, 4) is 5.75 Å². The van der Waals surface area contributed by atoms with Gasteiger partial charge in [-0.25, -0.2) is 0 Å². The van der Waals surface area contributed by atoms with E-state index in [1.54, 1.807) is 42.0 Å². The molecular weight excluding hydrogens is 334 g/mol. The molecule has 0 radical (unpaired) electrons. The molecule has 0 saturated carbocycles. The molecule has 0 saturated heterocycles. The Bertz CT molecular complexity index is 790. The number of rotatable bonds is 5. The van der Waals surface area contributed by atoms with Gasteiger partial charge in [-0.05, 0) is 30.7 Å². The van der Waals surface area contributed by atoms with Gasteiger partial charge in [0.05, 0.1) is 18.8 Å². The third kappa shape index (κ3) is 3.55. The molecule has 1 unspecified atom stereocenters. The lowest BCUT2D eigenvalue weighted by Crippen LogP contribution is -2.45. The van der Waals surface area contributed by atoms with Crippen molar-refractivity contribution in [2.24, 2.45) is 5.73 Å². The number of hydrogen-bond acceptors (Lipinski definition) is 5. The molecule has 8 heteroatoms. The molecule has 1 aromatic heterocycles. The number of carbonyl (C=O) groups is 2. The number of amides is 2. The zero-order valence-corrected chi connectivity index (χ0v) is 15.0. The van der Waals surface area contributed by atoms with Gasteiger partial charge in [-0.3, -0.25) is 14.3 Å². The number of nitrogens with two attached hydrogens (primary N) is 1. The normalized spacial score (nSPS) is 14.3. The maximum absolute atomic E-state index is 12.8. The van der Waals surface area contributed by atoms with Gasteiger partial charge in [0.15, 0.2) is 0 Å². The van der Waals surface area contributed by atoms with Crippen LogP contribution in [-0.2, 0) is 16.1 Å². The van der Waals surface area contributed by atoms with E-state index in [4.69, 9.17) is 10.5 Å². The Hall–Kier alpha value is -2.87. The van der Waals surface area contributed by atoms with E-state index in [-0.39, 0.29) is 18.4 Å². The van der Waals surface area contributed by atoms with Gasteiger partial charge >= 0.3 is 0 Å². The van der Waals surface area contributed by atoms with Gasteiger partial charge in [-0.2, -0.15) is 5.10 Å². The van der Waals surface area contributed by atoms with Crippen molar-refractivity contribution in [3.63, 3.8) is 0 Å². The van der Waals surface area contributed by atoms with E-state index in [2.05, 4.69) is 5.10 Å². The van der Waals surface area contributed by atoms with Gasteiger partial charge in [0.1, 0.15) is 18.4 Å². The van der Waals surface area contributed by atoms with Crippen LogP contribution in [0.15, 0.2) is 36.7 Å². The number of nitrogens with zero attached hydrogens (tertiary/aromatic N) is 4. The molecule has 1 aromatic carbocycles. The molecule has 2 heterocycles. The number of aromatic nitrogens is 2. The number of likely N-dealkylation sites (N-methyl/N-ethyl adjacent to an activating group) is 1. The van der Waals surface area contributed by atoms with E-state index in [1.807, 2.05) is 18.2 Å². The van der Waals surface area contributed by atoms with Crippen molar-refractivity contribution in [1.29, 1.82) is 0 Å². The summed E-state index contributed by atoms with van der Waals surface area (Å²) >= 11 is 0. The lowest BCUT2D eigenvalue weighted by Gasteiger charge is -2.31. The second-order valence-electron chi connectivity index (χ2n) is 6.26. The fraction of sp³-hybridized carbons (Fsp3) is 0.389. The number of hydrogen-bond donors (Lipinski definition) is 1. The fourth-order valence-corrected chi connectivity index (χ4v) is 2.96. The highest BCUT2D eigenvalue weighted by molar-refractivity contribution is 5.98. The Balaban J connectivity index is 1.71. The molecule has 2 N–H and O–H groups in total. The van der Waals surface area contributed by atoms with E-state index in [9.17, 15) is 9.59 Å². The van der Waals surface area contributed by atoms with E-state index in [1.165, 1.54) is 4.90 Å². The minimum absolute atomic E-state index is 0.0171. The average Bonchev–Trinajstić information content (AvgIpc) is 3.20. The summed E-state index contributed by atoms with van der Waals surface area (Å²) in [5.74, 6) is 0.319. The molecule has 8 nitrogen and oxygen atoms in total. The van der Waals surface area contributed by atoms with Gasteiger partial charge in [0, 0.05) is 26.0 Å². The minimum atomic E-state index is -0.469. The molecule has 0 fully saturated rings. The Morgan fingerprint density at radius 3 is 2.92 bits per heavy atom. The molecule has 0 aliphatic carbocycles.